The number of rotatable bonds is 8. The Bertz CT molecular complexity index is 1110. The molecule has 0 spiro atoms. The van der Waals surface area contributed by atoms with Crippen molar-refractivity contribution in [2.75, 3.05) is 50.1 Å². The third kappa shape index (κ3) is 7.06. The van der Waals surface area contributed by atoms with Crippen LogP contribution in [0.5, 0.6) is 5.75 Å². The van der Waals surface area contributed by atoms with Crippen LogP contribution in [0.1, 0.15) is 26.3 Å². The summed E-state index contributed by atoms with van der Waals surface area (Å²) < 4.78 is 17.8. The summed E-state index contributed by atoms with van der Waals surface area (Å²) in [6.07, 6.45) is -0.471. The number of nitrogens with one attached hydrogen (secondary N) is 2. The number of ether oxygens (including phenoxy) is 3. The maximum atomic E-state index is 12.2. The average molecular weight is 485 g/mol. The fourth-order valence-electron chi connectivity index (χ4n) is 3.57. The van der Waals surface area contributed by atoms with Crippen LogP contribution in [0, 0.1) is 0 Å². The summed E-state index contributed by atoms with van der Waals surface area (Å²) in [6.45, 7) is 11.1. The Morgan fingerprint density at radius 2 is 1.97 bits per heavy atom. The number of morpholine rings is 1. The Hall–Kier alpha value is -2.88. The molecule has 4 rings (SSSR count). The number of hydrogen-bond donors (Lipinski definition) is 2. The SMILES string of the molecule is CC(C)(C)OC(=O)Nc1ccccc1CNc1nc2ccc(OCCN3CCOCC3)cc2s1. The number of hydrogen-bond acceptors (Lipinski definition) is 8. The maximum Gasteiger partial charge on any atom is 0.412 e. The van der Waals surface area contributed by atoms with E-state index >= 15 is 0 Å². The van der Waals surface area contributed by atoms with Crippen molar-refractivity contribution in [2.45, 2.75) is 32.9 Å². The van der Waals surface area contributed by atoms with Crippen molar-refractivity contribution >= 4 is 38.5 Å². The molecule has 0 bridgehead atoms. The lowest BCUT2D eigenvalue weighted by Crippen LogP contribution is -2.38. The molecule has 0 atom stereocenters. The third-order valence-corrected chi connectivity index (χ3v) is 6.20. The van der Waals surface area contributed by atoms with E-state index in [0.29, 0.717) is 18.8 Å². The van der Waals surface area contributed by atoms with Crippen LogP contribution >= 0.6 is 11.3 Å². The lowest BCUT2D eigenvalue weighted by atomic mass is 10.2. The van der Waals surface area contributed by atoms with Crippen molar-refractivity contribution in [3.63, 3.8) is 0 Å². The number of carbonyl (C=O) groups is 1. The lowest BCUT2D eigenvalue weighted by molar-refractivity contribution is 0.0322. The molecule has 9 heteroatoms. The molecule has 1 aliphatic rings. The van der Waals surface area contributed by atoms with Crippen molar-refractivity contribution in [3.05, 3.63) is 48.0 Å². The van der Waals surface area contributed by atoms with Gasteiger partial charge in [-0.3, -0.25) is 10.2 Å². The van der Waals surface area contributed by atoms with E-state index < -0.39 is 11.7 Å². The van der Waals surface area contributed by atoms with Crippen LogP contribution < -0.4 is 15.4 Å². The molecule has 34 heavy (non-hydrogen) atoms. The number of fused-ring (bicyclic) bond motifs is 1. The minimum absolute atomic E-state index is 0.471. The topological polar surface area (TPSA) is 85.0 Å². The van der Waals surface area contributed by atoms with E-state index in [1.807, 2.05) is 63.2 Å². The summed E-state index contributed by atoms with van der Waals surface area (Å²) in [5, 5.41) is 7.02. The summed E-state index contributed by atoms with van der Waals surface area (Å²) in [4.78, 5) is 19.2. The molecule has 2 heterocycles. The standard InChI is InChI=1S/C25H32N4O4S/c1-25(2,3)33-24(30)28-20-7-5-4-6-18(20)17-26-23-27-21-9-8-19(16-22(21)34-23)32-15-12-29-10-13-31-14-11-29/h4-9,16H,10-15,17H2,1-3H3,(H,26,27)(H,28,30). The molecule has 1 amide bonds. The molecule has 0 radical (unpaired) electrons. The second kappa shape index (κ2) is 11.0. The number of benzene rings is 2. The van der Waals surface area contributed by atoms with Crippen molar-refractivity contribution < 1.29 is 19.0 Å². The molecule has 1 aliphatic heterocycles. The molecule has 2 aromatic carbocycles. The number of nitrogens with zero attached hydrogens (tertiary/aromatic N) is 2. The molecule has 1 aromatic heterocycles. The highest BCUT2D eigenvalue weighted by atomic mass is 32.1. The van der Waals surface area contributed by atoms with Crippen LogP contribution in [-0.4, -0.2) is 61.0 Å². The summed E-state index contributed by atoms with van der Waals surface area (Å²) >= 11 is 1.58. The van der Waals surface area contributed by atoms with Crippen molar-refractivity contribution in [3.8, 4) is 5.75 Å². The van der Waals surface area contributed by atoms with Crippen LogP contribution in [0.4, 0.5) is 15.6 Å². The van der Waals surface area contributed by atoms with Gasteiger partial charge in [0.1, 0.15) is 18.0 Å². The van der Waals surface area contributed by atoms with Gasteiger partial charge in [0.15, 0.2) is 5.13 Å². The number of carbonyl (C=O) groups excluding carboxylic acids is 1. The summed E-state index contributed by atoms with van der Waals surface area (Å²) in [6, 6.07) is 13.6. The highest BCUT2D eigenvalue weighted by Gasteiger charge is 2.17. The monoisotopic (exact) mass is 484 g/mol. The highest BCUT2D eigenvalue weighted by molar-refractivity contribution is 7.22. The second-order valence-electron chi connectivity index (χ2n) is 9.09. The smallest absolute Gasteiger partial charge is 0.412 e. The zero-order valence-corrected chi connectivity index (χ0v) is 20.7. The number of anilines is 2. The van der Waals surface area contributed by atoms with Gasteiger partial charge >= 0.3 is 6.09 Å². The summed E-state index contributed by atoms with van der Waals surface area (Å²) in [5.74, 6) is 0.850. The van der Waals surface area contributed by atoms with Crippen LogP contribution in [0.25, 0.3) is 10.2 Å². The van der Waals surface area contributed by atoms with Crippen LogP contribution in [0.3, 0.4) is 0 Å². The van der Waals surface area contributed by atoms with Gasteiger partial charge in [-0.2, -0.15) is 0 Å². The quantitative estimate of drug-likeness (QED) is 0.467. The summed E-state index contributed by atoms with van der Waals surface area (Å²) in [5.41, 5.74) is 2.03. The first-order valence-corrected chi connectivity index (χ1v) is 12.3. The number of thiazole rings is 1. The Kier molecular flexibility index (Phi) is 7.87. The van der Waals surface area contributed by atoms with Gasteiger partial charge < -0.3 is 19.5 Å². The van der Waals surface area contributed by atoms with Crippen LogP contribution in [0.15, 0.2) is 42.5 Å². The Balaban J connectivity index is 1.33. The van der Waals surface area contributed by atoms with Crippen molar-refractivity contribution in [2.24, 2.45) is 0 Å². The molecular formula is C25H32N4O4S. The third-order valence-electron chi connectivity index (χ3n) is 5.22. The fourth-order valence-corrected chi connectivity index (χ4v) is 4.46. The molecular weight excluding hydrogens is 452 g/mol. The van der Waals surface area contributed by atoms with Gasteiger partial charge in [-0.1, -0.05) is 29.5 Å². The predicted molar refractivity (Wildman–Crippen MR) is 136 cm³/mol. The van der Waals surface area contributed by atoms with Gasteiger partial charge in [-0.05, 0) is 50.6 Å². The zero-order chi connectivity index (χ0) is 24.0. The Morgan fingerprint density at radius 3 is 2.76 bits per heavy atom. The number of para-hydroxylation sites is 1. The minimum Gasteiger partial charge on any atom is -0.492 e. The molecule has 0 saturated carbocycles. The van der Waals surface area contributed by atoms with Gasteiger partial charge in [0.2, 0.25) is 0 Å². The van der Waals surface area contributed by atoms with E-state index in [2.05, 4.69) is 20.5 Å². The van der Waals surface area contributed by atoms with Crippen molar-refractivity contribution in [1.29, 1.82) is 0 Å². The number of aromatic nitrogens is 1. The van der Waals surface area contributed by atoms with Crippen LogP contribution in [0.2, 0.25) is 0 Å². The first-order valence-electron chi connectivity index (χ1n) is 11.5. The molecule has 8 nitrogen and oxygen atoms in total. The van der Waals surface area contributed by atoms with E-state index in [1.165, 1.54) is 0 Å². The predicted octanol–water partition coefficient (Wildman–Crippen LogP) is 4.97. The van der Waals surface area contributed by atoms with Gasteiger partial charge in [0.25, 0.3) is 0 Å². The van der Waals surface area contributed by atoms with Gasteiger partial charge in [-0.15, -0.1) is 0 Å². The lowest BCUT2D eigenvalue weighted by Gasteiger charge is -2.26. The maximum absolute atomic E-state index is 12.2. The summed E-state index contributed by atoms with van der Waals surface area (Å²) in [7, 11) is 0. The normalized spacial score (nSPS) is 14.7. The molecule has 0 unspecified atom stereocenters. The highest BCUT2D eigenvalue weighted by Crippen LogP contribution is 2.30. The minimum atomic E-state index is -0.552. The molecule has 0 aliphatic carbocycles. The Morgan fingerprint density at radius 1 is 1.18 bits per heavy atom. The van der Waals surface area contributed by atoms with Gasteiger partial charge in [-0.25, -0.2) is 9.78 Å². The van der Waals surface area contributed by atoms with E-state index in [0.717, 1.165) is 59.5 Å². The van der Waals surface area contributed by atoms with Gasteiger partial charge in [0.05, 0.1) is 23.4 Å². The van der Waals surface area contributed by atoms with E-state index in [4.69, 9.17) is 14.2 Å². The zero-order valence-electron chi connectivity index (χ0n) is 19.9. The van der Waals surface area contributed by atoms with E-state index in [1.54, 1.807) is 11.3 Å². The van der Waals surface area contributed by atoms with E-state index in [9.17, 15) is 4.79 Å². The van der Waals surface area contributed by atoms with Crippen molar-refractivity contribution in [1.82, 2.24) is 9.88 Å². The first-order chi connectivity index (χ1) is 16.4. The fraction of sp³-hybridized carbons (Fsp3) is 0.440. The van der Waals surface area contributed by atoms with E-state index in [-0.39, 0.29) is 0 Å². The molecule has 1 fully saturated rings. The molecule has 2 N–H and O–H groups in total. The largest absolute Gasteiger partial charge is 0.492 e. The number of amides is 1. The molecule has 1 saturated heterocycles. The van der Waals surface area contributed by atoms with Crippen LogP contribution in [-0.2, 0) is 16.0 Å². The second-order valence-corrected chi connectivity index (χ2v) is 10.1. The molecule has 3 aromatic rings. The molecule has 182 valence electrons. The first kappa shape index (κ1) is 24.3. The average Bonchev–Trinajstić information content (AvgIpc) is 3.20. The Labute approximate surface area is 204 Å². The van der Waals surface area contributed by atoms with Gasteiger partial charge in [0, 0.05) is 31.9 Å².